The van der Waals surface area contributed by atoms with Crippen molar-refractivity contribution in [1.82, 2.24) is 10.2 Å². The van der Waals surface area contributed by atoms with Crippen LogP contribution in [-0.4, -0.2) is 28.0 Å². The highest BCUT2D eigenvalue weighted by Crippen LogP contribution is 2.29. The number of benzene rings is 1. The van der Waals surface area contributed by atoms with Crippen molar-refractivity contribution in [2.45, 2.75) is 29.9 Å². The molecule has 2 aromatic rings. The lowest BCUT2D eigenvalue weighted by molar-refractivity contribution is 0.102. The summed E-state index contributed by atoms with van der Waals surface area (Å²) in [6.07, 6.45) is 0.852. The summed E-state index contributed by atoms with van der Waals surface area (Å²) in [6, 6.07) is 5.49. The van der Waals surface area contributed by atoms with Gasteiger partial charge in [0.25, 0.3) is 5.91 Å². The minimum atomic E-state index is -0.165. The van der Waals surface area contributed by atoms with Crippen LogP contribution in [0.15, 0.2) is 22.5 Å². The molecule has 0 unspecified atom stereocenters. The highest BCUT2D eigenvalue weighted by Gasteiger charge is 2.16. The van der Waals surface area contributed by atoms with E-state index in [-0.39, 0.29) is 5.91 Å². The lowest BCUT2D eigenvalue weighted by Crippen LogP contribution is -2.11. The van der Waals surface area contributed by atoms with Gasteiger partial charge in [0, 0.05) is 17.2 Å². The number of aromatic nitrogens is 2. The molecule has 0 aliphatic carbocycles. The standard InChI is InChI=1S/C14H15N3O2S2/c1-8(2)20-14-17-16-13(21-14)15-12(18)10-3-4-11-9(7-10)5-6-19-11/h3-4,7-8H,5-6H2,1-2H3,(H,15,16,18). The number of hydrogen-bond acceptors (Lipinski definition) is 6. The van der Waals surface area contributed by atoms with E-state index in [1.54, 1.807) is 17.8 Å². The fraction of sp³-hybridized carbons (Fsp3) is 0.357. The van der Waals surface area contributed by atoms with E-state index < -0.39 is 0 Å². The Hall–Kier alpha value is -1.60. The molecule has 1 aromatic carbocycles. The van der Waals surface area contributed by atoms with Gasteiger partial charge < -0.3 is 4.74 Å². The Kier molecular flexibility index (Phi) is 4.12. The summed E-state index contributed by atoms with van der Waals surface area (Å²) in [5, 5.41) is 11.8. The molecule has 0 atom stereocenters. The Morgan fingerprint density at radius 1 is 1.43 bits per heavy atom. The van der Waals surface area contributed by atoms with Gasteiger partial charge in [-0.25, -0.2) is 0 Å². The van der Waals surface area contributed by atoms with Gasteiger partial charge in [0.1, 0.15) is 5.75 Å². The number of carbonyl (C=O) groups is 1. The Morgan fingerprint density at radius 3 is 3.10 bits per heavy atom. The average molecular weight is 321 g/mol. The minimum absolute atomic E-state index is 0.165. The van der Waals surface area contributed by atoms with E-state index in [4.69, 9.17) is 4.74 Å². The third-order valence-corrected chi connectivity index (χ3v) is 4.84. The van der Waals surface area contributed by atoms with Crippen LogP contribution in [0.25, 0.3) is 0 Å². The molecule has 7 heteroatoms. The fourth-order valence-electron chi connectivity index (χ4n) is 2.01. The molecule has 1 aromatic heterocycles. The zero-order valence-corrected chi connectivity index (χ0v) is 13.4. The molecule has 0 saturated carbocycles. The van der Waals surface area contributed by atoms with Crippen LogP contribution in [0.4, 0.5) is 5.13 Å². The van der Waals surface area contributed by atoms with Crippen LogP contribution in [-0.2, 0) is 6.42 Å². The molecule has 3 rings (SSSR count). The largest absolute Gasteiger partial charge is 0.493 e. The zero-order chi connectivity index (χ0) is 14.8. The summed E-state index contributed by atoms with van der Waals surface area (Å²) in [6.45, 7) is 4.88. The molecule has 0 fully saturated rings. The highest BCUT2D eigenvalue weighted by molar-refractivity contribution is 8.01. The van der Waals surface area contributed by atoms with Crippen molar-refractivity contribution >= 4 is 34.1 Å². The molecule has 5 nitrogen and oxygen atoms in total. The summed E-state index contributed by atoms with van der Waals surface area (Å²) < 4.78 is 6.30. The predicted octanol–water partition coefficient (Wildman–Crippen LogP) is 3.23. The smallest absolute Gasteiger partial charge is 0.257 e. The first-order valence-corrected chi connectivity index (χ1v) is 8.38. The fourth-order valence-corrected chi connectivity index (χ4v) is 3.98. The van der Waals surface area contributed by atoms with E-state index in [1.807, 2.05) is 12.1 Å². The second-order valence-corrected chi connectivity index (χ2v) is 7.72. The van der Waals surface area contributed by atoms with E-state index in [0.29, 0.717) is 22.6 Å². The lowest BCUT2D eigenvalue weighted by Gasteiger charge is -2.03. The van der Waals surface area contributed by atoms with E-state index >= 15 is 0 Å². The maximum Gasteiger partial charge on any atom is 0.257 e. The number of anilines is 1. The van der Waals surface area contributed by atoms with Crippen LogP contribution in [0.5, 0.6) is 5.75 Å². The van der Waals surface area contributed by atoms with Gasteiger partial charge in [-0.3, -0.25) is 10.1 Å². The summed E-state index contributed by atoms with van der Waals surface area (Å²) >= 11 is 3.03. The quantitative estimate of drug-likeness (QED) is 0.692. The molecule has 21 heavy (non-hydrogen) atoms. The molecule has 1 amide bonds. The Morgan fingerprint density at radius 2 is 2.29 bits per heavy atom. The average Bonchev–Trinajstić information content (AvgIpc) is 3.06. The van der Waals surface area contributed by atoms with E-state index in [2.05, 4.69) is 29.4 Å². The lowest BCUT2D eigenvalue weighted by atomic mass is 10.1. The van der Waals surface area contributed by atoms with Gasteiger partial charge in [-0.2, -0.15) is 0 Å². The molecule has 0 bridgehead atoms. The van der Waals surface area contributed by atoms with Crippen LogP contribution < -0.4 is 10.1 Å². The topological polar surface area (TPSA) is 64.1 Å². The zero-order valence-electron chi connectivity index (χ0n) is 11.8. The Balaban J connectivity index is 1.70. The molecule has 1 N–H and O–H groups in total. The van der Waals surface area contributed by atoms with Crippen molar-refractivity contribution < 1.29 is 9.53 Å². The van der Waals surface area contributed by atoms with Crippen LogP contribution in [0.3, 0.4) is 0 Å². The molecule has 0 saturated heterocycles. The number of amides is 1. The summed E-state index contributed by atoms with van der Waals surface area (Å²) in [5.41, 5.74) is 1.70. The molecule has 0 radical (unpaired) electrons. The van der Waals surface area contributed by atoms with Gasteiger partial charge in [0.2, 0.25) is 5.13 Å². The molecule has 0 spiro atoms. The molecule has 1 aliphatic rings. The molecular formula is C14H15N3O2S2. The van der Waals surface area contributed by atoms with Crippen LogP contribution in [0.1, 0.15) is 29.8 Å². The number of hydrogen-bond donors (Lipinski definition) is 1. The second-order valence-electron chi connectivity index (χ2n) is 4.91. The molecule has 2 heterocycles. The third kappa shape index (κ3) is 3.36. The van der Waals surface area contributed by atoms with E-state index in [0.717, 1.165) is 22.1 Å². The Bertz CT molecular complexity index is 670. The molecule has 110 valence electrons. The second kappa shape index (κ2) is 6.03. The summed E-state index contributed by atoms with van der Waals surface area (Å²) in [7, 11) is 0. The van der Waals surface area contributed by atoms with E-state index in [1.165, 1.54) is 11.3 Å². The van der Waals surface area contributed by atoms with Crippen LogP contribution >= 0.6 is 23.1 Å². The summed E-state index contributed by atoms with van der Waals surface area (Å²) in [5.74, 6) is 0.708. The van der Waals surface area contributed by atoms with Crippen molar-refractivity contribution in [3.8, 4) is 5.75 Å². The van der Waals surface area contributed by atoms with Crippen molar-refractivity contribution in [2.75, 3.05) is 11.9 Å². The van der Waals surface area contributed by atoms with Gasteiger partial charge in [-0.05, 0) is 23.8 Å². The first-order chi connectivity index (χ1) is 10.1. The van der Waals surface area contributed by atoms with Gasteiger partial charge in [-0.15, -0.1) is 10.2 Å². The van der Waals surface area contributed by atoms with E-state index in [9.17, 15) is 4.79 Å². The van der Waals surface area contributed by atoms with Gasteiger partial charge in [0.05, 0.1) is 6.61 Å². The number of ether oxygens (including phenoxy) is 1. The monoisotopic (exact) mass is 321 g/mol. The SMILES string of the molecule is CC(C)Sc1nnc(NC(=O)c2ccc3c(c2)CCO3)s1. The van der Waals surface area contributed by atoms with Crippen LogP contribution in [0.2, 0.25) is 0 Å². The number of fused-ring (bicyclic) bond motifs is 1. The number of nitrogens with one attached hydrogen (secondary N) is 1. The number of nitrogens with zero attached hydrogens (tertiary/aromatic N) is 2. The number of rotatable bonds is 4. The van der Waals surface area contributed by atoms with Crippen molar-refractivity contribution in [3.63, 3.8) is 0 Å². The highest BCUT2D eigenvalue weighted by atomic mass is 32.2. The van der Waals surface area contributed by atoms with Gasteiger partial charge in [-0.1, -0.05) is 36.9 Å². The summed E-state index contributed by atoms with van der Waals surface area (Å²) in [4.78, 5) is 12.2. The maximum absolute atomic E-state index is 12.2. The molecule has 1 aliphatic heterocycles. The van der Waals surface area contributed by atoms with Crippen molar-refractivity contribution in [1.29, 1.82) is 0 Å². The number of thioether (sulfide) groups is 1. The first-order valence-electron chi connectivity index (χ1n) is 6.69. The van der Waals surface area contributed by atoms with Gasteiger partial charge in [0.15, 0.2) is 4.34 Å². The van der Waals surface area contributed by atoms with Crippen LogP contribution in [0, 0.1) is 0 Å². The Labute approximate surface area is 131 Å². The van der Waals surface area contributed by atoms with Crippen molar-refractivity contribution in [2.24, 2.45) is 0 Å². The predicted molar refractivity (Wildman–Crippen MR) is 84.5 cm³/mol. The minimum Gasteiger partial charge on any atom is -0.493 e. The molecular weight excluding hydrogens is 306 g/mol. The third-order valence-electron chi connectivity index (χ3n) is 2.92. The normalized spacial score (nSPS) is 13.1. The first kappa shape index (κ1) is 14.3. The van der Waals surface area contributed by atoms with Crippen molar-refractivity contribution in [3.05, 3.63) is 29.3 Å². The maximum atomic E-state index is 12.2. The van der Waals surface area contributed by atoms with Gasteiger partial charge >= 0.3 is 0 Å². The number of carbonyl (C=O) groups excluding carboxylic acids is 1.